The lowest BCUT2D eigenvalue weighted by molar-refractivity contribution is 0.0931. The van der Waals surface area contributed by atoms with Crippen molar-refractivity contribution in [3.8, 4) is 0 Å². The molecule has 0 unspecified atom stereocenters. The number of nitrogens with zero attached hydrogens (tertiary/aromatic N) is 4. The molecule has 0 radical (unpaired) electrons. The molecule has 0 aromatic carbocycles. The predicted octanol–water partition coefficient (Wildman–Crippen LogP) is 1.72. The topological polar surface area (TPSA) is 62.5 Å². The standard InChI is InChI=1S/C17H23N5O/c23-17(15-7-4-8-16-20-19-12-22(15)16)18-11-13-5-3-6-14(13)21-9-1-2-10-21/h4,7-8,12-14H,1-3,5-6,9-11H2,(H,18,23)/t13-,14+/m0/s1. The van der Waals surface area contributed by atoms with E-state index in [-0.39, 0.29) is 5.91 Å². The van der Waals surface area contributed by atoms with Crippen LogP contribution in [0.5, 0.6) is 0 Å². The van der Waals surface area contributed by atoms with Crippen LogP contribution >= 0.6 is 0 Å². The summed E-state index contributed by atoms with van der Waals surface area (Å²) in [5, 5.41) is 11.0. The third-order valence-electron chi connectivity index (χ3n) is 5.32. The van der Waals surface area contributed by atoms with E-state index in [9.17, 15) is 4.79 Å². The number of carbonyl (C=O) groups is 1. The maximum absolute atomic E-state index is 12.5. The quantitative estimate of drug-likeness (QED) is 0.933. The Morgan fingerprint density at radius 2 is 2.09 bits per heavy atom. The van der Waals surface area contributed by atoms with E-state index in [0.717, 1.165) is 6.54 Å². The van der Waals surface area contributed by atoms with Gasteiger partial charge in [-0.05, 0) is 56.8 Å². The Hall–Kier alpha value is -1.95. The van der Waals surface area contributed by atoms with Crippen molar-refractivity contribution in [1.82, 2.24) is 24.8 Å². The Labute approximate surface area is 135 Å². The minimum Gasteiger partial charge on any atom is -0.350 e. The van der Waals surface area contributed by atoms with Gasteiger partial charge in [0.25, 0.3) is 5.91 Å². The van der Waals surface area contributed by atoms with E-state index in [4.69, 9.17) is 0 Å². The summed E-state index contributed by atoms with van der Waals surface area (Å²) >= 11 is 0. The Morgan fingerprint density at radius 1 is 1.22 bits per heavy atom. The molecule has 3 heterocycles. The second-order valence-electron chi connectivity index (χ2n) is 6.68. The van der Waals surface area contributed by atoms with E-state index in [1.54, 1.807) is 10.7 Å². The summed E-state index contributed by atoms with van der Waals surface area (Å²) in [6.45, 7) is 3.22. The SMILES string of the molecule is O=C(NC[C@@H]1CCC[C@H]1N1CCCC1)c1cccc2nncn12. The summed E-state index contributed by atoms with van der Waals surface area (Å²) in [5.74, 6) is 0.541. The van der Waals surface area contributed by atoms with Gasteiger partial charge in [-0.1, -0.05) is 12.5 Å². The van der Waals surface area contributed by atoms with Crippen LogP contribution < -0.4 is 5.32 Å². The van der Waals surface area contributed by atoms with E-state index in [2.05, 4.69) is 20.4 Å². The number of carbonyl (C=O) groups excluding carboxylic acids is 1. The smallest absolute Gasteiger partial charge is 0.268 e. The molecule has 4 rings (SSSR count). The van der Waals surface area contributed by atoms with Crippen LogP contribution in [0.15, 0.2) is 24.5 Å². The number of fused-ring (bicyclic) bond motifs is 1. The molecule has 2 atom stereocenters. The first-order chi connectivity index (χ1) is 11.3. The summed E-state index contributed by atoms with van der Waals surface area (Å²) in [6, 6.07) is 6.17. The number of amides is 1. The third kappa shape index (κ3) is 2.83. The Bertz CT molecular complexity index is 691. The molecule has 1 saturated carbocycles. The van der Waals surface area contributed by atoms with Crippen LogP contribution in [0.25, 0.3) is 5.65 Å². The fourth-order valence-electron chi connectivity index (χ4n) is 4.16. The molecule has 1 N–H and O–H groups in total. The highest BCUT2D eigenvalue weighted by Crippen LogP contribution is 2.31. The molecule has 1 amide bonds. The van der Waals surface area contributed by atoms with Crippen LogP contribution in [-0.2, 0) is 0 Å². The normalized spacial score (nSPS) is 25.2. The van der Waals surface area contributed by atoms with Gasteiger partial charge in [0.15, 0.2) is 5.65 Å². The second kappa shape index (κ2) is 6.28. The molecule has 0 spiro atoms. The fourth-order valence-corrected chi connectivity index (χ4v) is 4.16. The van der Waals surface area contributed by atoms with Crippen molar-refractivity contribution in [2.75, 3.05) is 19.6 Å². The van der Waals surface area contributed by atoms with Crippen LogP contribution in [-0.4, -0.2) is 51.1 Å². The third-order valence-corrected chi connectivity index (χ3v) is 5.32. The highest BCUT2D eigenvalue weighted by atomic mass is 16.1. The van der Waals surface area contributed by atoms with Crippen molar-refractivity contribution in [2.24, 2.45) is 5.92 Å². The van der Waals surface area contributed by atoms with Crippen LogP contribution in [0, 0.1) is 5.92 Å². The molecule has 0 bridgehead atoms. The summed E-state index contributed by atoms with van der Waals surface area (Å²) in [7, 11) is 0. The molecule has 2 aromatic rings. The monoisotopic (exact) mass is 313 g/mol. The molecule has 1 saturated heterocycles. The second-order valence-corrected chi connectivity index (χ2v) is 6.68. The molecule has 1 aliphatic heterocycles. The number of likely N-dealkylation sites (tertiary alicyclic amines) is 1. The van der Waals surface area contributed by atoms with E-state index < -0.39 is 0 Å². The van der Waals surface area contributed by atoms with Gasteiger partial charge in [-0.25, -0.2) is 0 Å². The van der Waals surface area contributed by atoms with E-state index >= 15 is 0 Å². The van der Waals surface area contributed by atoms with E-state index in [0.29, 0.717) is 23.3 Å². The zero-order chi connectivity index (χ0) is 15.6. The average Bonchev–Trinajstić information content (AvgIpc) is 3.31. The summed E-state index contributed by atoms with van der Waals surface area (Å²) in [5.41, 5.74) is 1.30. The van der Waals surface area contributed by atoms with Crippen LogP contribution in [0.4, 0.5) is 0 Å². The molecular weight excluding hydrogens is 290 g/mol. The van der Waals surface area contributed by atoms with Crippen LogP contribution in [0.1, 0.15) is 42.6 Å². The van der Waals surface area contributed by atoms with Gasteiger partial charge in [0.05, 0.1) is 0 Å². The number of rotatable bonds is 4. The zero-order valence-corrected chi connectivity index (χ0v) is 13.3. The summed E-state index contributed by atoms with van der Waals surface area (Å²) in [6.07, 6.45) is 8.02. The van der Waals surface area contributed by atoms with E-state index in [1.165, 1.54) is 45.2 Å². The fraction of sp³-hybridized carbons (Fsp3) is 0.588. The first-order valence-corrected chi connectivity index (χ1v) is 8.64. The number of hydrogen-bond donors (Lipinski definition) is 1. The zero-order valence-electron chi connectivity index (χ0n) is 13.3. The van der Waals surface area contributed by atoms with Gasteiger partial charge in [0.2, 0.25) is 0 Å². The number of aromatic nitrogens is 3. The largest absolute Gasteiger partial charge is 0.350 e. The van der Waals surface area contributed by atoms with Crippen molar-refractivity contribution >= 4 is 11.6 Å². The lowest BCUT2D eigenvalue weighted by atomic mass is 10.0. The van der Waals surface area contributed by atoms with Crippen LogP contribution in [0.2, 0.25) is 0 Å². The minimum absolute atomic E-state index is 0.0394. The van der Waals surface area contributed by atoms with Crippen molar-refractivity contribution in [2.45, 2.75) is 38.1 Å². The molecule has 1 aliphatic carbocycles. The molecule has 2 aromatic heterocycles. The number of hydrogen-bond acceptors (Lipinski definition) is 4. The lowest BCUT2D eigenvalue weighted by Gasteiger charge is -2.29. The van der Waals surface area contributed by atoms with Crippen molar-refractivity contribution in [3.63, 3.8) is 0 Å². The molecule has 6 heteroatoms. The maximum Gasteiger partial charge on any atom is 0.268 e. The predicted molar refractivity (Wildman–Crippen MR) is 87.3 cm³/mol. The molecule has 6 nitrogen and oxygen atoms in total. The van der Waals surface area contributed by atoms with Gasteiger partial charge in [0.1, 0.15) is 12.0 Å². The summed E-state index contributed by atoms with van der Waals surface area (Å²) < 4.78 is 1.74. The molecule has 2 aliphatic rings. The molecule has 23 heavy (non-hydrogen) atoms. The van der Waals surface area contributed by atoms with Gasteiger partial charge in [0, 0.05) is 12.6 Å². The van der Waals surface area contributed by atoms with Gasteiger partial charge in [-0.15, -0.1) is 10.2 Å². The summed E-state index contributed by atoms with van der Waals surface area (Å²) in [4.78, 5) is 15.2. The highest BCUT2D eigenvalue weighted by molar-refractivity contribution is 5.93. The number of nitrogens with one attached hydrogen (secondary N) is 1. The number of pyridine rings is 1. The van der Waals surface area contributed by atoms with Gasteiger partial charge in [-0.2, -0.15) is 0 Å². The van der Waals surface area contributed by atoms with Gasteiger partial charge < -0.3 is 10.2 Å². The highest BCUT2D eigenvalue weighted by Gasteiger charge is 2.33. The van der Waals surface area contributed by atoms with Crippen LogP contribution in [0.3, 0.4) is 0 Å². The van der Waals surface area contributed by atoms with E-state index in [1.807, 2.05) is 18.2 Å². The van der Waals surface area contributed by atoms with Crippen molar-refractivity contribution < 1.29 is 4.79 Å². The van der Waals surface area contributed by atoms with Gasteiger partial charge >= 0.3 is 0 Å². The Balaban J connectivity index is 1.42. The minimum atomic E-state index is -0.0394. The Kier molecular flexibility index (Phi) is 3.99. The first kappa shape index (κ1) is 14.6. The maximum atomic E-state index is 12.5. The molecule has 2 fully saturated rings. The first-order valence-electron chi connectivity index (χ1n) is 8.64. The lowest BCUT2D eigenvalue weighted by Crippen LogP contribution is -2.41. The van der Waals surface area contributed by atoms with Gasteiger partial charge in [-0.3, -0.25) is 9.20 Å². The Morgan fingerprint density at radius 3 is 2.96 bits per heavy atom. The van der Waals surface area contributed by atoms with Crippen molar-refractivity contribution in [3.05, 3.63) is 30.2 Å². The molecule has 122 valence electrons. The average molecular weight is 313 g/mol. The van der Waals surface area contributed by atoms with Crippen molar-refractivity contribution in [1.29, 1.82) is 0 Å². The molecular formula is C17H23N5O.